The van der Waals surface area contributed by atoms with E-state index in [2.05, 4.69) is 30.7 Å². The second kappa shape index (κ2) is 25.9. The van der Waals surface area contributed by atoms with Crippen molar-refractivity contribution in [2.75, 3.05) is 78.5 Å². The van der Waals surface area contributed by atoms with Crippen LogP contribution in [-0.4, -0.2) is 139 Å². The lowest BCUT2D eigenvalue weighted by Crippen LogP contribution is -2.45. The number of amides is 4. The normalized spacial score (nSPS) is 18.0. The summed E-state index contributed by atoms with van der Waals surface area (Å²) in [7, 11) is 0. The smallest absolute Gasteiger partial charge is 0.234 e. The zero-order valence-corrected chi connectivity index (χ0v) is 40.5. The summed E-state index contributed by atoms with van der Waals surface area (Å²) in [4.78, 5) is 65.3. The van der Waals surface area contributed by atoms with Gasteiger partial charge in [-0.15, -0.1) is 0 Å². The summed E-state index contributed by atoms with van der Waals surface area (Å²) < 4.78 is 0. The lowest BCUT2D eigenvalue weighted by molar-refractivity contribution is -0.138. The zero-order valence-electron chi connectivity index (χ0n) is 40.5. The Hall–Kier alpha value is -2.57. The summed E-state index contributed by atoms with van der Waals surface area (Å²) in [6.45, 7) is 42.8. The number of ketones is 1. The van der Waals surface area contributed by atoms with Gasteiger partial charge in [0.05, 0.1) is 13.1 Å². The average molecular weight is 822 g/mol. The molecule has 4 amide bonds. The first-order valence-electron chi connectivity index (χ1n) is 22.3. The number of carbonyl (C=O) groups excluding carboxylic acids is 5. The van der Waals surface area contributed by atoms with E-state index in [4.69, 9.17) is 0 Å². The first-order chi connectivity index (χ1) is 26.4. The number of hydrogen-bond acceptors (Lipinski definition) is 8. The van der Waals surface area contributed by atoms with Gasteiger partial charge in [0, 0.05) is 53.5 Å². The molecular formula is C46H91N7O5. The molecule has 0 spiro atoms. The van der Waals surface area contributed by atoms with Crippen LogP contribution in [0.4, 0.5) is 0 Å². The molecule has 58 heavy (non-hydrogen) atoms. The highest BCUT2D eigenvalue weighted by molar-refractivity contribution is 5.82. The highest BCUT2D eigenvalue weighted by Crippen LogP contribution is 2.20. The molecule has 0 aromatic rings. The molecule has 4 aliphatic heterocycles. The molecule has 4 saturated heterocycles. The fourth-order valence-electron chi connectivity index (χ4n) is 6.20. The van der Waals surface area contributed by atoms with Crippen molar-refractivity contribution < 1.29 is 24.0 Å². The molecule has 0 aromatic heterocycles. The van der Waals surface area contributed by atoms with E-state index in [1.54, 1.807) is 6.92 Å². The van der Waals surface area contributed by atoms with Crippen LogP contribution >= 0.6 is 0 Å². The molecule has 0 unspecified atom stereocenters. The minimum absolute atomic E-state index is 0.100. The van der Waals surface area contributed by atoms with E-state index >= 15 is 0 Å². The Morgan fingerprint density at radius 1 is 0.448 bits per heavy atom. The van der Waals surface area contributed by atoms with Crippen molar-refractivity contribution in [3.8, 4) is 0 Å². The van der Waals surface area contributed by atoms with Crippen LogP contribution in [-0.2, 0) is 24.0 Å². The van der Waals surface area contributed by atoms with Crippen LogP contribution in [0.25, 0.3) is 0 Å². The maximum atomic E-state index is 11.6. The molecule has 340 valence electrons. The minimum Gasteiger partial charge on any atom is -0.354 e. The van der Waals surface area contributed by atoms with Crippen LogP contribution in [0.3, 0.4) is 0 Å². The van der Waals surface area contributed by atoms with Crippen LogP contribution in [0.2, 0.25) is 0 Å². The molecule has 0 radical (unpaired) electrons. The van der Waals surface area contributed by atoms with Crippen molar-refractivity contribution in [3.05, 3.63) is 0 Å². The third-order valence-corrected chi connectivity index (χ3v) is 9.85. The quantitative estimate of drug-likeness (QED) is 0.265. The Morgan fingerprint density at radius 2 is 0.759 bits per heavy atom. The third kappa shape index (κ3) is 28.8. The van der Waals surface area contributed by atoms with E-state index in [9.17, 15) is 24.0 Å². The Labute approximate surface area is 356 Å². The number of Topliss-reactive ketones (excluding diaryl/α,β-unsaturated/α-hetero) is 1. The Kier molecular flexibility index (Phi) is 24.8. The predicted molar refractivity (Wildman–Crippen MR) is 241 cm³/mol. The van der Waals surface area contributed by atoms with E-state index in [1.165, 1.54) is 64.5 Å². The Balaban J connectivity index is 0.000000711. The molecular weight excluding hydrogens is 731 g/mol. The number of hydrogen-bond donors (Lipinski definition) is 3. The standard InChI is InChI=1S/C11H22N2O.2C10H20N2O.C9H17NO.C6H12O/c1-11(2,3)10(14)12-6-9-13-7-4-5-8-13;2*1-10(2,3)11-9(13)8-12-6-4-5-7-12;1-9(2,3)8(11)10-6-4-5-7-10;1-5(7)6(2,3)4/h4-9H2,1-3H3,(H,12,14);2*4-8H2,1-3H3,(H,11,13);4-7H2,1-3H3;1-4H3. The van der Waals surface area contributed by atoms with E-state index in [1.807, 2.05) is 109 Å². The first kappa shape index (κ1) is 55.4. The molecule has 0 atom stereocenters. The van der Waals surface area contributed by atoms with Crippen LogP contribution in [0.1, 0.15) is 162 Å². The molecule has 4 fully saturated rings. The van der Waals surface area contributed by atoms with Gasteiger partial charge in [-0.05, 0) is 139 Å². The molecule has 12 nitrogen and oxygen atoms in total. The van der Waals surface area contributed by atoms with Crippen molar-refractivity contribution in [1.82, 2.24) is 35.6 Å². The summed E-state index contributed by atoms with van der Waals surface area (Å²) in [6, 6.07) is 0. The van der Waals surface area contributed by atoms with E-state index in [0.29, 0.717) is 19.0 Å². The van der Waals surface area contributed by atoms with Crippen LogP contribution in [0.15, 0.2) is 0 Å². The maximum absolute atomic E-state index is 11.6. The van der Waals surface area contributed by atoms with Crippen molar-refractivity contribution in [3.63, 3.8) is 0 Å². The largest absolute Gasteiger partial charge is 0.354 e. The topological polar surface area (TPSA) is 134 Å². The fraction of sp³-hybridized carbons (Fsp3) is 0.891. The summed E-state index contributed by atoms with van der Waals surface area (Å²) in [6.07, 6.45) is 9.95. The van der Waals surface area contributed by atoms with Crippen molar-refractivity contribution in [2.24, 2.45) is 16.2 Å². The van der Waals surface area contributed by atoms with Gasteiger partial charge in [-0.25, -0.2) is 0 Å². The highest BCUT2D eigenvalue weighted by atomic mass is 16.2. The molecule has 0 aromatic carbocycles. The molecule has 4 rings (SSSR count). The van der Waals surface area contributed by atoms with Crippen LogP contribution < -0.4 is 16.0 Å². The van der Waals surface area contributed by atoms with Gasteiger partial charge in [-0.1, -0.05) is 62.3 Å². The number of rotatable bonds is 7. The van der Waals surface area contributed by atoms with E-state index in [-0.39, 0.29) is 50.8 Å². The second-order valence-electron chi connectivity index (χ2n) is 21.7. The molecule has 0 saturated carbocycles. The van der Waals surface area contributed by atoms with Crippen LogP contribution in [0.5, 0.6) is 0 Å². The molecule has 0 bridgehead atoms. The number of nitrogens with one attached hydrogen (secondary N) is 3. The van der Waals surface area contributed by atoms with Crippen molar-refractivity contribution in [1.29, 1.82) is 0 Å². The Bertz CT molecular complexity index is 1170. The molecule has 12 heteroatoms. The van der Waals surface area contributed by atoms with Gasteiger partial charge in [-0.3, -0.25) is 33.8 Å². The molecule has 0 aliphatic carbocycles. The lowest BCUT2D eigenvalue weighted by atomic mass is 9.92. The van der Waals surface area contributed by atoms with Crippen molar-refractivity contribution in [2.45, 2.75) is 173 Å². The zero-order chi connectivity index (χ0) is 45.0. The number of carbonyl (C=O) groups is 5. The van der Waals surface area contributed by atoms with Gasteiger partial charge in [-0.2, -0.15) is 0 Å². The summed E-state index contributed by atoms with van der Waals surface area (Å²) in [5, 5.41) is 8.90. The molecule has 4 aliphatic rings. The van der Waals surface area contributed by atoms with Gasteiger partial charge in [0.2, 0.25) is 23.6 Å². The average Bonchev–Trinajstić information content (AvgIpc) is 3.88. The summed E-state index contributed by atoms with van der Waals surface area (Å²) >= 11 is 0. The SMILES string of the molecule is CC(=O)C(C)(C)C.CC(C)(C)C(=O)N1CCCC1.CC(C)(C)C(=O)NCCN1CCCC1.CC(C)(C)NC(=O)CN1CCCC1.CC(C)(C)NC(=O)CN1CCCC1. The van der Waals surface area contributed by atoms with E-state index in [0.717, 1.165) is 52.4 Å². The maximum Gasteiger partial charge on any atom is 0.234 e. The van der Waals surface area contributed by atoms with Gasteiger partial charge in [0.25, 0.3) is 0 Å². The van der Waals surface area contributed by atoms with Crippen molar-refractivity contribution >= 4 is 29.4 Å². The number of likely N-dealkylation sites (tertiary alicyclic amines) is 4. The summed E-state index contributed by atoms with van der Waals surface area (Å²) in [5.41, 5.74) is -0.789. The number of nitrogens with zero attached hydrogens (tertiary/aromatic N) is 4. The molecule has 3 N–H and O–H groups in total. The lowest BCUT2D eigenvalue weighted by Gasteiger charge is -2.25. The Morgan fingerprint density at radius 3 is 1.03 bits per heavy atom. The van der Waals surface area contributed by atoms with Gasteiger partial charge in [0.1, 0.15) is 5.78 Å². The third-order valence-electron chi connectivity index (χ3n) is 9.85. The first-order valence-corrected chi connectivity index (χ1v) is 22.3. The summed E-state index contributed by atoms with van der Waals surface area (Å²) in [5.74, 6) is 0.989. The minimum atomic E-state index is -0.259. The van der Waals surface area contributed by atoms with Crippen LogP contribution in [0, 0.1) is 16.2 Å². The monoisotopic (exact) mass is 822 g/mol. The van der Waals surface area contributed by atoms with Gasteiger partial charge < -0.3 is 25.8 Å². The van der Waals surface area contributed by atoms with Gasteiger partial charge >= 0.3 is 0 Å². The van der Waals surface area contributed by atoms with Gasteiger partial charge in [0.15, 0.2) is 0 Å². The fourth-order valence-corrected chi connectivity index (χ4v) is 6.20. The second-order valence-corrected chi connectivity index (χ2v) is 21.7. The van der Waals surface area contributed by atoms with E-state index < -0.39 is 0 Å². The molecule has 4 heterocycles. The predicted octanol–water partition coefficient (Wildman–Crippen LogP) is 6.51. The highest BCUT2D eigenvalue weighted by Gasteiger charge is 2.28.